The Morgan fingerprint density at radius 1 is 1.00 bits per heavy atom. The fraction of sp³-hybridized carbons (Fsp3) is 0.250. The summed E-state index contributed by atoms with van der Waals surface area (Å²) < 4.78 is 75.8. The van der Waals surface area contributed by atoms with Gasteiger partial charge in [0.1, 0.15) is 5.75 Å². The highest BCUT2D eigenvalue weighted by Crippen LogP contribution is 2.18. The van der Waals surface area contributed by atoms with Gasteiger partial charge in [0.05, 0.1) is 0 Å². The fourth-order valence-corrected chi connectivity index (χ4v) is 0.947. The predicted molar refractivity (Wildman–Crippen MR) is 46.7 cm³/mol. The SMILES string of the molecule is F[B-](F)(F)c1ccc(OCC(F)(F)F)cc1. The quantitative estimate of drug-likeness (QED) is 0.585. The topological polar surface area (TPSA) is 9.23 Å². The number of alkyl halides is 3. The van der Waals surface area contributed by atoms with Crippen molar-refractivity contribution in [1.82, 2.24) is 0 Å². The lowest BCUT2D eigenvalue weighted by Gasteiger charge is -2.15. The molecule has 0 aliphatic heterocycles. The van der Waals surface area contributed by atoms with Crippen LogP contribution in [0.15, 0.2) is 24.3 Å². The van der Waals surface area contributed by atoms with Crippen LogP contribution in [-0.2, 0) is 0 Å². The van der Waals surface area contributed by atoms with Gasteiger partial charge in [0.15, 0.2) is 6.61 Å². The van der Waals surface area contributed by atoms with Crippen LogP contribution in [0.25, 0.3) is 0 Å². The zero-order valence-corrected chi connectivity index (χ0v) is 7.77. The molecule has 8 heteroatoms. The van der Waals surface area contributed by atoms with E-state index in [0.717, 1.165) is 12.1 Å². The minimum absolute atomic E-state index is 0.249. The number of rotatable bonds is 3. The van der Waals surface area contributed by atoms with E-state index < -0.39 is 25.2 Å². The highest BCUT2D eigenvalue weighted by molar-refractivity contribution is 6.73. The highest BCUT2D eigenvalue weighted by Gasteiger charge is 2.29. The molecular formula is C8H6BF6O-. The van der Waals surface area contributed by atoms with Crippen LogP contribution in [0.5, 0.6) is 5.75 Å². The zero-order valence-electron chi connectivity index (χ0n) is 7.77. The van der Waals surface area contributed by atoms with Gasteiger partial charge in [-0.25, -0.2) is 0 Å². The van der Waals surface area contributed by atoms with Gasteiger partial charge in [-0.15, -0.1) is 5.46 Å². The lowest BCUT2D eigenvalue weighted by molar-refractivity contribution is -0.153. The van der Waals surface area contributed by atoms with Crippen molar-refractivity contribution in [1.29, 1.82) is 0 Å². The van der Waals surface area contributed by atoms with Crippen molar-refractivity contribution in [2.45, 2.75) is 6.18 Å². The maximum Gasteiger partial charge on any atom is 0.509 e. The van der Waals surface area contributed by atoms with Crippen molar-refractivity contribution in [3.8, 4) is 5.75 Å². The molecule has 0 bridgehead atoms. The Kier molecular flexibility index (Phi) is 3.40. The average molecular weight is 243 g/mol. The maximum absolute atomic E-state index is 12.1. The van der Waals surface area contributed by atoms with Crippen molar-refractivity contribution >= 4 is 12.4 Å². The molecule has 0 N–H and O–H groups in total. The Bertz CT molecular complexity index is 341. The van der Waals surface area contributed by atoms with Crippen LogP contribution in [0.4, 0.5) is 26.1 Å². The third kappa shape index (κ3) is 4.04. The summed E-state index contributed by atoms with van der Waals surface area (Å²) in [7, 11) is 0. The first-order valence-corrected chi connectivity index (χ1v) is 4.18. The van der Waals surface area contributed by atoms with Crippen LogP contribution >= 0.6 is 0 Å². The van der Waals surface area contributed by atoms with Crippen molar-refractivity contribution in [3.63, 3.8) is 0 Å². The molecule has 0 radical (unpaired) electrons. The average Bonchev–Trinajstić information content (AvgIpc) is 2.13. The van der Waals surface area contributed by atoms with E-state index in [1.165, 1.54) is 0 Å². The molecule has 0 amide bonds. The first kappa shape index (κ1) is 12.7. The minimum atomic E-state index is -5.13. The Morgan fingerprint density at radius 2 is 1.50 bits per heavy atom. The molecular weight excluding hydrogens is 237 g/mol. The van der Waals surface area contributed by atoms with Crippen LogP contribution in [0, 0.1) is 0 Å². The summed E-state index contributed by atoms with van der Waals surface area (Å²) in [6, 6.07) is 3.09. The highest BCUT2D eigenvalue weighted by atomic mass is 19.4. The molecule has 0 unspecified atom stereocenters. The number of ether oxygens (including phenoxy) is 1. The van der Waals surface area contributed by atoms with E-state index in [4.69, 9.17) is 0 Å². The van der Waals surface area contributed by atoms with Crippen molar-refractivity contribution in [2.75, 3.05) is 6.61 Å². The summed E-state index contributed by atoms with van der Waals surface area (Å²) in [5, 5.41) is 0. The Hall–Kier alpha value is -1.34. The largest absolute Gasteiger partial charge is 0.509 e. The van der Waals surface area contributed by atoms with Crippen LogP contribution in [0.2, 0.25) is 0 Å². The molecule has 90 valence electrons. The Morgan fingerprint density at radius 3 is 1.88 bits per heavy atom. The van der Waals surface area contributed by atoms with Crippen LogP contribution in [0.1, 0.15) is 0 Å². The standard InChI is InChI=1S/C8H6BF6O/c10-8(11,12)5-16-7-3-1-6(2-4-7)9(13,14)15/h1-4H,5H2/q-1. The number of benzene rings is 1. The molecule has 0 saturated heterocycles. The molecule has 0 fully saturated rings. The molecule has 0 saturated carbocycles. The van der Waals surface area contributed by atoms with Gasteiger partial charge in [0, 0.05) is 0 Å². The fourth-order valence-electron chi connectivity index (χ4n) is 0.947. The lowest BCUT2D eigenvalue weighted by atomic mass is 9.80. The first-order valence-electron chi connectivity index (χ1n) is 4.18. The normalized spacial score (nSPS) is 12.6. The van der Waals surface area contributed by atoms with Crippen molar-refractivity contribution in [3.05, 3.63) is 24.3 Å². The third-order valence-electron chi connectivity index (χ3n) is 1.66. The first-order chi connectivity index (χ1) is 7.18. The number of hydrogen-bond acceptors (Lipinski definition) is 1. The summed E-state index contributed by atoms with van der Waals surface area (Å²) in [4.78, 5) is 0. The summed E-state index contributed by atoms with van der Waals surface area (Å²) in [5.74, 6) is -0.249. The predicted octanol–water partition coefficient (Wildman–Crippen LogP) is 2.68. The van der Waals surface area contributed by atoms with Gasteiger partial charge in [-0.05, 0) is 12.1 Å². The molecule has 16 heavy (non-hydrogen) atoms. The van der Waals surface area contributed by atoms with E-state index in [0.29, 0.717) is 12.1 Å². The van der Waals surface area contributed by atoms with Gasteiger partial charge < -0.3 is 17.7 Å². The van der Waals surface area contributed by atoms with Crippen LogP contribution in [0.3, 0.4) is 0 Å². The third-order valence-corrected chi connectivity index (χ3v) is 1.66. The van der Waals surface area contributed by atoms with Gasteiger partial charge in [-0.3, -0.25) is 0 Å². The summed E-state index contributed by atoms with van der Waals surface area (Å²) in [6.45, 7) is -6.66. The molecule has 0 heterocycles. The Labute approximate surface area is 87.1 Å². The molecule has 0 aromatic heterocycles. The van der Waals surface area contributed by atoms with Gasteiger partial charge in [-0.2, -0.15) is 13.2 Å². The van der Waals surface area contributed by atoms with E-state index in [1.807, 2.05) is 0 Å². The summed E-state index contributed by atoms with van der Waals surface area (Å²) in [5.41, 5.74) is -0.876. The van der Waals surface area contributed by atoms with Crippen LogP contribution in [-0.4, -0.2) is 19.8 Å². The maximum atomic E-state index is 12.1. The smallest absolute Gasteiger partial charge is 0.484 e. The van der Waals surface area contributed by atoms with E-state index in [1.54, 1.807) is 0 Å². The second-order valence-corrected chi connectivity index (χ2v) is 3.05. The van der Waals surface area contributed by atoms with E-state index in [9.17, 15) is 26.1 Å². The number of halogens is 6. The Balaban J connectivity index is 2.66. The van der Waals surface area contributed by atoms with Crippen molar-refractivity contribution in [2.24, 2.45) is 0 Å². The van der Waals surface area contributed by atoms with E-state index >= 15 is 0 Å². The minimum Gasteiger partial charge on any atom is -0.484 e. The molecule has 1 aromatic carbocycles. The molecule has 0 aliphatic rings. The molecule has 1 rings (SSSR count). The van der Waals surface area contributed by atoms with Gasteiger partial charge in [0.2, 0.25) is 0 Å². The monoisotopic (exact) mass is 243 g/mol. The number of hydrogen-bond donors (Lipinski definition) is 0. The second kappa shape index (κ2) is 4.27. The molecule has 0 aliphatic carbocycles. The summed E-state index contributed by atoms with van der Waals surface area (Å²) in [6.07, 6.45) is -4.51. The molecule has 1 aromatic rings. The van der Waals surface area contributed by atoms with Gasteiger partial charge in [0.25, 0.3) is 0 Å². The zero-order chi connectivity index (χ0) is 12.4. The van der Waals surface area contributed by atoms with Gasteiger partial charge >= 0.3 is 13.2 Å². The second-order valence-electron chi connectivity index (χ2n) is 3.05. The lowest BCUT2D eigenvalue weighted by Crippen LogP contribution is -2.33. The van der Waals surface area contributed by atoms with E-state index in [-0.39, 0.29) is 5.75 Å². The molecule has 0 atom stereocenters. The summed E-state index contributed by atoms with van der Waals surface area (Å²) >= 11 is 0. The van der Waals surface area contributed by atoms with Crippen LogP contribution < -0.4 is 10.2 Å². The van der Waals surface area contributed by atoms with E-state index in [2.05, 4.69) is 4.74 Å². The molecule has 0 spiro atoms. The molecule has 1 nitrogen and oxygen atoms in total. The van der Waals surface area contributed by atoms with Crippen molar-refractivity contribution < 1.29 is 30.9 Å². The van der Waals surface area contributed by atoms with Gasteiger partial charge in [-0.1, -0.05) is 12.1 Å².